The van der Waals surface area contributed by atoms with Gasteiger partial charge in [0, 0.05) is 9.37 Å². The smallest absolute Gasteiger partial charge is 0.307 e. The van der Waals surface area contributed by atoms with Gasteiger partial charge < -0.3 is 10.4 Å². The summed E-state index contributed by atoms with van der Waals surface area (Å²) >= 11 is 4.37. The minimum absolute atomic E-state index is 0.307. The van der Waals surface area contributed by atoms with Crippen molar-refractivity contribution < 1.29 is 14.7 Å². The van der Waals surface area contributed by atoms with Crippen LogP contribution in [0.1, 0.15) is 12.8 Å². The van der Waals surface area contributed by atoms with Crippen LogP contribution in [0.2, 0.25) is 0 Å². The van der Waals surface area contributed by atoms with E-state index >= 15 is 0 Å². The minimum Gasteiger partial charge on any atom is -0.481 e. The highest BCUT2D eigenvalue weighted by atomic mass is 79.9. The summed E-state index contributed by atoms with van der Waals surface area (Å²) < 4.78 is 0.652. The average Bonchev–Trinajstić information content (AvgIpc) is 2.50. The van der Waals surface area contributed by atoms with Crippen LogP contribution < -0.4 is 5.32 Å². The Morgan fingerprint density at radius 1 is 1.32 bits per heavy atom. The molecular weight excluding hydrogens is 368 g/mol. The van der Waals surface area contributed by atoms with Gasteiger partial charge in [0.2, 0.25) is 5.91 Å². The number of carboxylic acids is 1. The molecule has 2 N–H and O–H groups in total. The van der Waals surface area contributed by atoms with Crippen molar-refractivity contribution in [3.63, 3.8) is 0 Å². The Morgan fingerprint density at radius 3 is 2.59 bits per heavy atom. The lowest BCUT2D eigenvalue weighted by Crippen LogP contribution is -2.34. The van der Waals surface area contributed by atoms with E-state index in [0.717, 1.165) is 16.7 Å². The van der Waals surface area contributed by atoms with Gasteiger partial charge in [-0.3, -0.25) is 9.59 Å². The van der Waals surface area contributed by atoms with E-state index in [2.05, 4.69) is 21.2 Å². The van der Waals surface area contributed by atoms with E-state index in [1.165, 1.54) is 0 Å². The molecule has 5 nitrogen and oxygen atoms in total. The summed E-state index contributed by atoms with van der Waals surface area (Å²) in [5, 5.41) is 22.6. The molecule has 0 heterocycles. The van der Waals surface area contributed by atoms with E-state index in [1.54, 1.807) is 24.3 Å². The molecule has 0 aliphatic heterocycles. The van der Waals surface area contributed by atoms with Crippen molar-refractivity contribution in [1.82, 2.24) is 0 Å². The maximum Gasteiger partial charge on any atom is 0.307 e. The highest BCUT2D eigenvalue weighted by Crippen LogP contribution is 2.31. The number of thioether (sulfide) groups is 1. The molecule has 1 aromatic rings. The first-order chi connectivity index (χ1) is 10.5. The molecule has 0 saturated heterocycles. The van der Waals surface area contributed by atoms with Gasteiger partial charge in [-0.25, -0.2) is 0 Å². The summed E-state index contributed by atoms with van der Waals surface area (Å²) in [6, 6.07) is 5.15. The highest BCUT2D eigenvalue weighted by molar-refractivity contribution is 9.10. The Morgan fingerprint density at radius 2 is 2.00 bits per heavy atom. The van der Waals surface area contributed by atoms with Crippen LogP contribution >= 0.6 is 27.7 Å². The number of hydrogen-bond donors (Lipinski definition) is 2. The van der Waals surface area contributed by atoms with E-state index < -0.39 is 17.8 Å². The number of anilines is 1. The van der Waals surface area contributed by atoms with Gasteiger partial charge in [-0.05, 0) is 58.7 Å². The molecular formula is C15H13BrN2O3S. The lowest BCUT2D eigenvalue weighted by Gasteiger charge is -2.24. The third-order valence-corrected chi connectivity index (χ3v) is 4.69. The Kier molecular flexibility index (Phi) is 5.63. The molecule has 22 heavy (non-hydrogen) atoms. The number of aliphatic carboxylic acids is 1. The zero-order valence-corrected chi connectivity index (χ0v) is 13.9. The fourth-order valence-corrected chi connectivity index (χ4v) is 3.36. The monoisotopic (exact) mass is 380 g/mol. The van der Waals surface area contributed by atoms with E-state index in [-0.39, 0.29) is 5.91 Å². The second-order valence-electron chi connectivity index (χ2n) is 4.82. The van der Waals surface area contributed by atoms with Crippen LogP contribution in [-0.4, -0.2) is 17.0 Å². The zero-order valence-electron chi connectivity index (χ0n) is 11.5. The third kappa shape index (κ3) is 3.90. The van der Waals surface area contributed by atoms with Crippen molar-refractivity contribution in [2.75, 3.05) is 5.32 Å². The van der Waals surface area contributed by atoms with Gasteiger partial charge in [0.25, 0.3) is 0 Å². The molecule has 0 saturated carbocycles. The van der Waals surface area contributed by atoms with E-state index in [1.807, 2.05) is 11.5 Å². The average molecular weight is 381 g/mol. The summed E-state index contributed by atoms with van der Waals surface area (Å²) in [5.41, 5.74) is 0.561. The standard InChI is InChI=1S/C15H13BrN2O3S/c16-12-7-9(22-8-17)5-6-13(12)18-14(19)10-3-1-2-4-11(10)15(20)21/h1-2,5-7,10-11H,3-4H2,(H,18,19)(H,20,21)/t10-,11-/m1/s1. The van der Waals surface area contributed by atoms with Gasteiger partial charge in [0.05, 0.1) is 17.5 Å². The molecule has 0 spiro atoms. The molecule has 7 heteroatoms. The van der Waals surface area contributed by atoms with E-state index in [4.69, 9.17) is 5.26 Å². The quantitative estimate of drug-likeness (QED) is 0.472. The van der Waals surface area contributed by atoms with Gasteiger partial charge in [-0.2, -0.15) is 5.26 Å². The van der Waals surface area contributed by atoms with Crippen molar-refractivity contribution in [3.8, 4) is 5.40 Å². The number of carboxylic acid groups (broad SMARTS) is 1. The molecule has 2 rings (SSSR count). The van der Waals surface area contributed by atoms with Gasteiger partial charge >= 0.3 is 5.97 Å². The Bertz CT molecular complexity index is 669. The van der Waals surface area contributed by atoms with Crippen molar-refractivity contribution in [3.05, 3.63) is 34.8 Å². The molecule has 2 atom stereocenters. The van der Waals surface area contributed by atoms with E-state index in [0.29, 0.717) is 23.0 Å². The largest absolute Gasteiger partial charge is 0.481 e. The lowest BCUT2D eigenvalue weighted by molar-refractivity contribution is -0.146. The number of rotatable bonds is 4. The summed E-state index contributed by atoms with van der Waals surface area (Å²) in [6.45, 7) is 0. The van der Waals surface area contributed by atoms with Crippen molar-refractivity contribution in [2.24, 2.45) is 11.8 Å². The molecule has 1 aliphatic carbocycles. The van der Waals surface area contributed by atoms with Crippen LogP contribution in [0, 0.1) is 22.5 Å². The highest BCUT2D eigenvalue weighted by Gasteiger charge is 2.34. The van der Waals surface area contributed by atoms with Crippen LogP contribution in [0.5, 0.6) is 0 Å². The number of nitrogens with zero attached hydrogens (tertiary/aromatic N) is 1. The maximum absolute atomic E-state index is 12.4. The van der Waals surface area contributed by atoms with Crippen LogP contribution in [0.3, 0.4) is 0 Å². The Labute approximate surface area is 140 Å². The molecule has 1 aromatic carbocycles. The SMILES string of the molecule is N#CSc1ccc(NC(=O)[C@@H]2CC=CC[C@H]2C(=O)O)c(Br)c1. The molecule has 0 bridgehead atoms. The predicted octanol–water partition coefficient (Wildman–Crippen LogP) is 3.63. The number of amides is 1. The number of carbonyl (C=O) groups is 2. The fourth-order valence-electron chi connectivity index (χ4n) is 2.32. The summed E-state index contributed by atoms with van der Waals surface area (Å²) in [6.07, 6.45) is 4.42. The Balaban J connectivity index is 2.13. The van der Waals surface area contributed by atoms with Gasteiger partial charge in [-0.15, -0.1) is 0 Å². The summed E-state index contributed by atoms with van der Waals surface area (Å²) in [4.78, 5) is 24.4. The second kappa shape index (κ2) is 7.47. The number of halogens is 1. The van der Waals surface area contributed by atoms with Crippen LogP contribution in [0.25, 0.3) is 0 Å². The molecule has 1 amide bonds. The molecule has 0 aromatic heterocycles. The van der Waals surface area contributed by atoms with Gasteiger partial charge in [0.15, 0.2) is 0 Å². The first kappa shape index (κ1) is 16.6. The summed E-state index contributed by atoms with van der Waals surface area (Å²) in [5.74, 6) is -2.54. The lowest BCUT2D eigenvalue weighted by atomic mass is 9.82. The fraction of sp³-hybridized carbons (Fsp3) is 0.267. The first-order valence-corrected chi connectivity index (χ1v) is 8.18. The van der Waals surface area contributed by atoms with Gasteiger partial charge in [0.1, 0.15) is 5.40 Å². The number of thiocyanates is 1. The number of nitrogens with one attached hydrogen (secondary N) is 1. The first-order valence-electron chi connectivity index (χ1n) is 6.57. The molecule has 0 unspecified atom stereocenters. The predicted molar refractivity (Wildman–Crippen MR) is 87.2 cm³/mol. The molecule has 1 aliphatic rings. The normalized spacial score (nSPS) is 20.2. The third-order valence-electron chi connectivity index (χ3n) is 3.45. The molecule has 0 fully saturated rings. The van der Waals surface area contributed by atoms with Crippen LogP contribution in [0.4, 0.5) is 5.69 Å². The van der Waals surface area contributed by atoms with Gasteiger partial charge in [-0.1, -0.05) is 12.2 Å². The number of benzene rings is 1. The topological polar surface area (TPSA) is 90.2 Å². The van der Waals surface area contributed by atoms with Crippen molar-refractivity contribution in [1.29, 1.82) is 5.26 Å². The van der Waals surface area contributed by atoms with Crippen molar-refractivity contribution in [2.45, 2.75) is 17.7 Å². The zero-order chi connectivity index (χ0) is 16.1. The second-order valence-corrected chi connectivity index (χ2v) is 6.53. The minimum atomic E-state index is -0.954. The Hall–Kier alpha value is -1.78. The number of hydrogen-bond acceptors (Lipinski definition) is 4. The van der Waals surface area contributed by atoms with E-state index in [9.17, 15) is 14.7 Å². The van der Waals surface area contributed by atoms with Crippen LogP contribution in [0.15, 0.2) is 39.7 Å². The van der Waals surface area contributed by atoms with Crippen molar-refractivity contribution >= 4 is 45.3 Å². The maximum atomic E-state index is 12.4. The molecule has 114 valence electrons. The number of nitriles is 1. The molecule has 0 radical (unpaired) electrons. The summed E-state index contributed by atoms with van der Waals surface area (Å²) in [7, 11) is 0. The number of carbonyl (C=O) groups excluding carboxylic acids is 1. The van der Waals surface area contributed by atoms with Crippen LogP contribution in [-0.2, 0) is 9.59 Å². The number of allylic oxidation sites excluding steroid dienone is 2.